The van der Waals surface area contributed by atoms with Crippen molar-refractivity contribution in [3.63, 3.8) is 0 Å². The second kappa shape index (κ2) is 3.01. The molecule has 15 heavy (non-hydrogen) atoms. The lowest BCUT2D eigenvalue weighted by atomic mass is 10.4. The SMILES string of the molecule is Nc1cc(-n2cncn2)nc(C2CC2)n1. The molecule has 6 heteroatoms. The van der Waals surface area contributed by atoms with Crippen LogP contribution in [0.3, 0.4) is 0 Å². The topological polar surface area (TPSA) is 82.5 Å². The second-order valence-corrected chi connectivity index (χ2v) is 3.62. The second-order valence-electron chi connectivity index (χ2n) is 3.62. The van der Waals surface area contributed by atoms with E-state index in [9.17, 15) is 0 Å². The zero-order chi connectivity index (χ0) is 10.3. The Kier molecular flexibility index (Phi) is 1.67. The molecule has 1 saturated carbocycles. The average molecular weight is 202 g/mol. The summed E-state index contributed by atoms with van der Waals surface area (Å²) in [4.78, 5) is 12.5. The van der Waals surface area contributed by atoms with Gasteiger partial charge >= 0.3 is 0 Å². The van der Waals surface area contributed by atoms with Gasteiger partial charge in [0.2, 0.25) is 0 Å². The van der Waals surface area contributed by atoms with Gasteiger partial charge < -0.3 is 5.73 Å². The highest BCUT2D eigenvalue weighted by Gasteiger charge is 2.27. The van der Waals surface area contributed by atoms with E-state index in [0.717, 1.165) is 18.7 Å². The fourth-order valence-corrected chi connectivity index (χ4v) is 1.44. The minimum atomic E-state index is 0.482. The molecule has 6 nitrogen and oxygen atoms in total. The third-order valence-electron chi connectivity index (χ3n) is 2.35. The Bertz CT molecular complexity index is 473. The average Bonchev–Trinajstić information content (AvgIpc) is 2.93. The van der Waals surface area contributed by atoms with Crippen molar-refractivity contribution < 1.29 is 0 Å². The van der Waals surface area contributed by atoms with Gasteiger partial charge in [-0.15, -0.1) is 0 Å². The minimum absolute atomic E-state index is 0.482. The Morgan fingerprint density at radius 3 is 2.87 bits per heavy atom. The highest BCUT2D eigenvalue weighted by atomic mass is 15.3. The quantitative estimate of drug-likeness (QED) is 0.767. The summed E-state index contributed by atoms with van der Waals surface area (Å²) in [5.74, 6) is 2.47. The summed E-state index contributed by atoms with van der Waals surface area (Å²) in [5, 5.41) is 4.01. The van der Waals surface area contributed by atoms with Crippen LogP contribution in [0.4, 0.5) is 5.82 Å². The lowest BCUT2D eigenvalue weighted by Gasteiger charge is -2.03. The zero-order valence-electron chi connectivity index (χ0n) is 8.04. The van der Waals surface area contributed by atoms with E-state index < -0.39 is 0 Å². The highest BCUT2D eigenvalue weighted by Crippen LogP contribution is 2.38. The van der Waals surface area contributed by atoms with Gasteiger partial charge in [0.1, 0.15) is 24.3 Å². The number of hydrogen-bond acceptors (Lipinski definition) is 5. The molecule has 0 spiro atoms. The molecule has 2 heterocycles. The normalized spacial score (nSPS) is 15.5. The monoisotopic (exact) mass is 202 g/mol. The van der Waals surface area contributed by atoms with Crippen LogP contribution in [-0.4, -0.2) is 24.7 Å². The maximum absolute atomic E-state index is 5.72. The molecule has 0 radical (unpaired) electrons. The molecular weight excluding hydrogens is 192 g/mol. The first-order valence-electron chi connectivity index (χ1n) is 4.82. The minimum Gasteiger partial charge on any atom is -0.384 e. The maximum Gasteiger partial charge on any atom is 0.161 e. The molecule has 0 aromatic carbocycles. The molecular formula is C9H10N6. The molecule has 0 bridgehead atoms. The van der Waals surface area contributed by atoms with E-state index in [2.05, 4.69) is 20.1 Å². The smallest absolute Gasteiger partial charge is 0.161 e. The lowest BCUT2D eigenvalue weighted by molar-refractivity contribution is 0.811. The molecule has 0 aliphatic heterocycles. The van der Waals surface area contributed by atoms with Crippen molar-refractivity contribution in [2.75, 3.05) is 5.73 Å². The molecule has 0 saturated heterocycles. The number of nitrogen functional groups attached to an aromatic ring is 1. The molecule has 1 aliphatic rings. The largest absolute Gasteiger partial charge is 0.384 e. The van der Waals surface area contributed by atoms with Crippen LogP contribution in [0.2, 0.25) is 0 Å². The first kappa shape index (κ1) is 8.34. The van der Waals surface area contributed by atoms with Crippen molar-refractivity contribution in [1.29, 1.82) is 0 Å². The van der Waals surface area contributed by atoms with E-state index in [0.29, 0.717) is 17.6 Å². The van der Waals surface area contributed by atoms with Gasteiger partial charge in [0, 0.05) is 12.0 Å². The molecule has 76 valence electrons. The molecule has 2 aromatic heterocycles. The summed E-state index contributed by atoms with van der Waals surface area (Å²) < 4.78 is 1.59. The van der Waals surface area contributed by atoms with Crippen LogP contribution in [-0.2, 0) is 0 Å². The number of hydrogen-bond donors (Lipinski definition) is 1. The summed E-state index contributed by atoms with van der Waals surface area (Å²) in [7, 11) is 0. The summed E-state index contributed by atoms with van der Waals surface area (Å²) in [6, 6.07) is 1.70. The number of anilines is 1. The van der Waals surface area contributed by atoms with Gasteiger partial charge in [0.25, 0.3) is 0 Å². The number of nitrogens with zero attached hydrogens (tertiary/aromatic N) is 5. The van der Waals surface area contributed by atoms with Crippen LogP contribution in [0.15, 0.2) is 18.7 Å². The Morgan fingerprint density at radius 2 is 2.20 bits per heavy atom. The lowest BCUT2D eigenvalue weighted by Crippen LogP contribution is -2.05. The maximum atomic E-state index is 5.72. The van der Waals surface area contributed by atoms with Gasteiger partial charge in [0.05, 0.1) is 0 Å². The molecule has 0 unspecified atom stereocenters. The first-order chi connectivity index (χ1) is 7.33. The molecule has 0 atom stereocenters. The van der Waals surface area contributed by atoms with E-state index in [1.807, 2.05) is 0 Å². The van der Waals surface area contributed by atoms with Crippen LogP contribution < -0.4 is 5.73 Å². The van der Waals surface area contributed by atoms with Gasteiger partial charge in [-0.05, 0) is 12.8 Å². The third-order valence-corrected chi connectivity index (χ3v) is 2.35. The highest BCUT2D eigenvalue weighted by molar-refractivity contribution is 5.37. The van der Waals surface area contributed by atoms with Crippen LogP contribution in [0.25, 0.3) is 5.82 Å². The standard InChI is InChI=1S/C9H10N6/c10-7-3-8(15-5-11-4-12-15)14-9(13-7)6-1-2-6/h3-6H,1-2H2,(H2,10,13,14). The van der Waals surface area contributed by atoms with E-state index in [-0.39, 0.29) is 0 Å². The molecule has 2 aromatic rings. The Balaban J connectivity index is 2.07. The number of nitrogens with two attached hydrogens (primary N) is 1. The zero-order valence-corrected chi connectivity index (χ0v) is 8.04. The molecule has 1 fully saturated rings. The van der Waals surface area contributed by atoms with E-state index in [1.54, 1.807) is 17.1 Å². The Morgan fingerprint density at radius 1 is 1.33 bits per heavy atom. The summed E-state index contributed by atoms with van der Waals surface area (Å²) in [6.45, 7) is 0. The van der Waals surface area contributed by atoms with Crippen molar-refractivity contribution in [3.8, 4) is 5.82 Å². The van der Waals surface area contributed by atoms with Crippen molar-refractivity contribution >= 4 is 5.82 Å². The van der Waals surface area contributed by atoms with Gasteiger partial charge in [-0.2, -0.15) is 5.10 Å². The summed E-state index contributed by atoms with van der Waals surface area (Å²) in [5.41, 5.74) is 5.72. The molecule has 3 rings (SSSR count). The van der Waals surface area contributed by atoms with E-state index in [1.165, 1.54) is 6.33 Å². The molecule has 0 amide bonds. The van der Waals surface area contributed by atoms with Crippen molar-refractivity contribution in [1.82, 2.24) is 24.7 Å². The van der Waals surface area contributed by atoms with Crippen LogP contribution in [0.1, 0.15) is 24.6 Å². The molecule has 2 N–H and O–H groups in total. The Hall–Kier alpha value is -1.98. The van der Waals surface area contributed by atoms with Crippen molar-refractivity contribution in [2.24, 2.45) is 0 Å². The number of rotatable bonds is 2. The van der Waals surface area contributed by atoms with Crippen LogP contribution in [0.5, 0.6) is 0 Å². The Labute approximate surface area is 86.2 Å². The summed E-state index contributed by atoms with van der Waals surface area (Å²) >= 11 is 0. The fourth-order valence-electron chi connectivity index (χ4n) is 1.44. The summed E-state index contributed by atoms with van der Waals surface area (Å²) in [6.07, 6.45) is 5.37. The van der Waals surface area contributed by atoms with E-state index in [4.69, 9.17) is 5.73 Å². The number of aromatic nitrogens is 5. The van der Waals surface area contributed by atoms with Gasteiger partial charge in [-0.1, -0.05) is 0 Å². The van der Waals surface area contributed by atoms with Gasteiger partial charge in [-0.25, -0.2) is 19.6 Å². The first-order valence-corrected chi connectivity index (χ1v) is 4.82. The van der Waals surface area contributed by atoms with Crippen molar-refractivity contribution in [3.05, 3.63) is 24.5 Å². The van der Waals surface area contributed by atoms with Crippen LogP contribution >= 0.6 is 0 Å². The molecule has 1 aliphatic carbocycles. The van der Waals surface area contributed by atoms with Gasteiger partial charge in [-0.3, -0.25) is 0 Å². The van der Waals surface area contributed by atoms with Crippen LogP contribution in [0, 0.1) is 0 Å². The van der Waals surface area contributed by atoms with Gasteiger partial charge in [0.15, 0.2) is 5.82 Å². The predicted octanol–water partition coefficient (Wildman–Crippen LogP) is 0.517. The predicted molar refractivity (Wildman–Crippen MR) is 53.3 cm³/mol. The third kappa shape index (κ3) is 1.54. The fraction of sp³-hybridized carbons (Fsp3) is 0.333. The van der Waals surface area contributed by atoms with Crippen molar-refractivity contribution in [2.45, 2.75) is 18.8 Å². The van der Waals surface area contributed by atoms with E-state index >= 15 is 0 Å².